The monoisotopic (exact) mass is 475 g/mol. The Bertz CT molecular complexity index is 1270. The number of nitrogens with zero attached hydrogens (tertiary/aromatic N) is 3. The zero-order valence-electron chi connectivity index (χ0n) is 18.3. The van der Waals surface area contributed by atoms with Crippen molar-refractivity contribution in [1.82, 2.24) is 9.99 Å². The molecule has 1 N–H and O–H groups in total. The van der Waals surface area contributed by atoms with E-state index in [1.54, 1.807) is 48.5 Å². The topological polar surface area (TPSA) is 75.0 Å². The van der Waals surface area contributed by atoms with Crippen LogP contribution in [0.4, 0.5) is 17.6 Å². The molecule has 0 aliphatic carbocycles. The molecule has 10 heteroatoms. The Labute approximate surface area is 192 Å². The Morgan fingerprint density at radius 3 is 2.44 bits per heavy atom. The molecule has 1 atom stereocenters. The van der Waals surface area contributed by atoms with Crippen molar-refractivity contribution in [2.24, 2.45) is 5.10 Å². The predicted molar refractivity (Wildman–Crippen MR) is 118 cm³/mol. The third-order valence-electron chi connectivity index (χ3n) is 5.30. The molecule has 1 aliphatic rings. The Balaban J connectivity index is 1.89. The van der Waals surface area contributed by atoms with Crippen LogP contribution in [0.3, 0.4) is 0 Å². The summed E-state index contributed by atoms with van der Waals surface area (Å²) in [6, 6.07) is 14.8. The van der Waals surface area contributed by atoms with Gasteiger partial charge in [0, 0.05) is 17.4 Å². The van der Waals surface area contributed by atoms with E-state index in [1.807, 2.05) is 13.8 Å². The first-order valence-electron chi connectivity index (χ1n) is 10.5. The van der Waals surface area contributed by atoms with E-state index in [0.29, 0.717) is 22.5 Å². The molecule has 0 fully saturated rings. The molecule has 0 bridgehead atoms. The first-order chi connectivity index (χ1) is 16.1. The Kier molecular flexibility index (Phi) is 6.26. The van der Waals surface area contributed by atoms with Gasteiger partial charge in [-0.15, -0.1) is 0 Å². The van der Waals surface area contributed by atoms with Gasteiger partial charge < -0.3 is 9.84 Å². The van der Waals surface area contributed by atoms with E-state index < -0.39 is 36.6 Å². The molecule has 4 rings (SSSR count). The molecule has 0 radical (unpaired) electrons. The van der Waals surface area contributed by atoms with Gasteiger partial charge in [0.1, 0.15) is 11.5 Å². The van der Waals surface area contributed by atoms with Gasteiger partial charge in [-0.1, -0.05) is 30.3 Å². The molecule has 2 aromatic carbocycles. The quantitative estimate of drug-likeness (QED) is 0.503. The highest BCUT2D eigenvalue weighted by molar-refractivity contribution is 6.08. The van der Waals surface area contributed by atoms with E-state index in [-0.39, 0.29) is 22.1 Å². The molecule has 178 valence electrons. The summed E-state index contributed by atoms with van der Waals surface area (Å²) in [7, 11) is 0. The van der Waals surface area contributed by atoms with Crippen LogP contribution in [0.25, 0.3) is 22.2 Å². The van der Waals surface area contributed by atoms with Crippen LogP contribution in [0.2, 0.25) is 0 Å². The van der Waals surface area contributed by atoms with Gasteiger partial charge in [-0.3, -0.25) is 4.79 Å². The lowest BCUT2D eigenvalue weighted by Gasteiger charge is -2.30. The number of hydrogen-bond donors (Lipinski definition) is 1. The summed E-state index contributed by atoms with van der Waals surface area (Å²) in [6.45, 7) is 3.69. The lowest BCUT2D eigenvalue weighted by atomic mass is 10.0. The van der Waals surface area contributed by atoms with Gasteiger partial charge in [-0.2, -0.15) is 10.1 Å². The van der Waals surface area contributed by atoms with Crippen molar-refractivity contribution in [3.05, 3.63) is 60.2 Å². The van der Waals surface area contributed by atoms with Crippen LogP contribution in [0.1, 0.15) is 30.6 Å². The molecule has 0 saturated carbocycles. The number of para-hydroxylation sites is 2. The highest BCUT2D eigenvalue weighted by Crippen LogP contribution is 2.37. The lowest BCUT2D eigenvalue weighted by Crippen LogP contribution is -2.51. The van der Waals surface area contributed by atoms with Gasteiger partial charge in [0.15, 0.2) is 0 Å². The minimum absolute atomic E-state index is 0.0568. The van der Waals surface area contributed by atoms with Crippen LogP contribution in [0.5, 0.6) is 5.75 Å². The van der Waals surface area contributed by atoms with Crippen molar-refractivity contribution < 1.29 is 32.2 Å². The summed E-state index contributed by atoms with van der Waals surface area (Å²) in [5.41, 5.74) is -3.11. The van der Waals surface area contributed by atoms with Crippen molar-refractivity contribution in [1.29, 1.82) is 0 Å². The fourth-order valence-corrected chi connectivity index (χ4v) is 3.74. The van der Waals surface area contributed by atoms with Gasteiger partial charge >= 0.3 is 0 Å². The lowest BCUT2D eigenvalue weighted by molar-refractivity contribution is -0.164. The second kappa shape index (κ2) is 9.02. The zero-order valence-corrected chi connectivity index (χ0v) is 18.3. The first kappa shape index (κ1) is 23.6. The van der Waals surface area contributed by atoms with Gasteiger partial charge in [-0.25, -0.2) is 22.5 Å². The van der Waals surface area contributed by atoms with E-state index >= 15 is 0 Å². The number of carbonyl (C=O) groups is 1. The number of pyridine rings is 1. The number of benzene rings is 2. The van der Waals surface area contributed by atoms with Crippen molar-refractivity contribution in [2.75, 3.05) is 0 Å². The Morgan fingerprint density at radius 1 is 1.09 bits per heavy atom. The van der Waals surface area contributed by atoms with Crippen LogP contribution in [-0.2, 0) is 0 Å². The summed E-state index contributed by atoms with van der Waals surface area (Å²) in [5, 5.41) is 14.2. The predicted octanol–water partition coefficient (Wildman–Crippen LogP) is 5.11. The second-order valence-electron chi connectivity index (χ2n) is 8.10. The highest BCUT2D eigenvalue weighted by atomic mass is 19.3. The normalized spacial score (nSPS) is 18.3. The third kappa shape index (κ3) is 4.21. The molecular weight excluding hydrogens is 454 g/mol. The number of hydrogen-bond acceptors (Lipinski definition) is 5. The number of rotatable bonds is 6. The summed E-state index contributed by atoms with van der Waals surface area (Å²) in [5.74, 6) is -0.664. The van der Waals surface area contributed by atoms with E-state index in [4.69, 9.17) is 4.74 Å². The molecule has 0 spiro atoms. The average molecular weight is 475 g/mol. The fourth-order valence-electron chi connectivity index (χ4n) is 3.74. The molecule has 0 saturated heterocycles. The number of ether oxygens (including phenoxy) is 1. The molecule has 2 heterocycles. The van der Waals surface area contributed by atoms with E-state index in [1.165, 1.54) is 6.07 Å². The fraction of sp³-hybridized carbons (Fsp3) is 0.292. The number of halogens is 4. The standard InChI is InChI=1S/C24H21F4N3O3/c1-13(2)34-20-10-6-4-8-15(20)18-11-16(14-7-3-5-9-17(14)29-18)22(32)31-24(33,23(27)28)12-19(30-31)21(25)26/h3-11,13,21,23,33H,12H2,1-2H3/t24-/m0/s1. The average Bonchev–Trinajstić information content (AvgIpc) is 3.17. The summed E-state index contributed by atoms with van der Waals surface area (Å²) >= 11 is 0. The largest absolute Gasteiger partial charge is 0.490 e. The van der Waals surface area contributed by atoms with Crippen LogP contribution in [0.15, 0.2) is 59.7 Å². The molecule has 3 aromatic rings. The maximum atomic E-state index is 13.7. The summed E-state index contributed by atoms with van der Waals surface area (Å²) in [4.78, 5) is 18.0. The molecule has 0 unspecified atom stereocenters. The third-order valence-corrected chi connectivity index (χ3v) is 5.30. The van der Waals surface area contributed by atoms with Crippen LogP contribution in [0, 0.1) is 0 Å². The smallest absolute Gasteiger partial charge is 0.287 e. The number of carbonyl (C=O) groups excluding carboxylic acids is 1. The minimum atomic E-state index is -3.52. The van der Waals surface area contributed by atoms with Gasteiger partial charge in [0.2, 0.25) is 5.72 Å². The van der Waals surface area contributed by atoms with E-state index in [2.05, 4.69) is 10.1 Å². The van der Waals surface area contributed by atoms with Gasteiger partial charge in [-0.05, 0) is 38.1 Å². The summed E-state index contributed by atoms with van der Waals surface area (Å²) in [6.07, 6.45) is -8.04. The molecule has 1 amide bonds. The number of amides is 1. The molecule has 34 heavy (non-hydrogen) atoms. The minimum Gasteiger partial charge on any atom is -0.490 e. The maximum Gasteiger partial charge on any atom is 0.287 e. The van der Waals surface area contributed by atoms with Crippen molar-refractivity contribution >= 4 is 22.5 Å². The molecule has 6 nitrogen and oxygen atoms in total. The highest BCUT2D eigenvalue weighted by Gasteiger charge is 2.53. The van der Waals surface area contributed by atoms with Gasteiger partial charge in [0.25, 0.3) is 18.8 Å². The van der Waals surface area contributed by atoms with Crippen LogP contribution in [-0.4, -0.2) is 51.4 Å². The Morgan fingerprint density at radius 2 is 1.76 bits per heavy atom. The summed E-state index contributed by atoms with van der Waals surface area (Å²) < 4.78 is 59.7. The number of aliphatic hydroxyl groups is 1. The maximum absolute atomic E-state index is 13.7. The second-order valence-corrected chi connectivity index (χ2v) is 8.10. The molecule has 1 aromatic heterocycles. The number of alkyl halides is 4. The van der Waals surface area contributed by atoms with Crippen molar-refractivity contribution in [3.8, 4) is 17.0 Å². The molecular formula is C24H21F4N3O3. The number of fused-ring (bicyclic) bond motifs is 1. The van der Waals surface area contributed by atoms with Crippen LogP contribution < -0.4 is 4.74 Å². The molecule has 1 aliphatic heterocycles. The van der Waals surface area contributed by atoms with Crippen molar-refractivity contribution in [3.63, 3.8) is 0 Å². The number of aromatic nitrogens is 1. The number of hydrazone groups is 1. The SMILES string of the molecule is CC(C)Oc1ccccc1-c1cc(C(=O)N2N=C(C(F)F)C[C@]2(O)C(F)F)c2ccccc2n1. The Hall–Kier alpha value is -3.53. The van der Waals surface area contributed by atoms with E-state index in [0.717, 1.165) is 0 Å². The van der Waals surface area contributed by atoms with Crippen molar-refractivity contribution in [2.45, 2.75) is 44.9 Å². The van der Waals surface area contributed by atoms with Gasteiger partial charge in [0.05, 0.1) is 22.9 Å². The zero-order chi connectivity index (χ0) is 24.6. The first-order valence-corrected chi connectivity index (χ1v) is 10.5. The van der Waals surface area contributed by atoms with Crippen LogP contribution >= 0.6 is 0 Å². The van der Waals surface area contributed by atoms with E-state index in [9.17, 15) is 27.5 Å².